The molecule has 1 N–H and O–H groups in total. The number of aromatic nitrogens is 2. The fraction of sp³-hybridized carbons (Fsp3) is 0.556. The number of ether oxygens (including phenoxy) is 1. The summed E-state index contributed by atoms with van der Waals surface area (Å²) in [5.74, 6) is -0.279. The number of aromatic amines is 1. The summed E-state index contributed by atoms with van der Waals surface area (Å²) in [6, 6.07) is 0.322. The highest BCUT2D eigenvalue weighted by Gasteiger charge is 2.15. The monoisotopic (exact) mass is 183 g/mol. The zero-order chi connectivity index (χ0) is 9.84. The number of esters is 1. The minimum atomic E-state index is -0.279. The first-order valence-corrected chi connectivity index (χ1v) is 4.41. The molecule has 0 bridgehead atoms. The van der Waals surface area contributed by atoms with E-state index in [0.29, 0.717) is 18.2 Å². The van der Waals surface area contributed by atoms with Crippen LogP contribution in [0.3, 0.4) is 0 Å². The van der Waals surface area contributed by atoms with Crippen LogP contribution < -0.4 is 4.68 Å². The molecular formula is C9H15N2O2+. The van der Waals surface area contributed by atoms with E-state index >= 15 is 0 Å². The predicted molar refractivity (Wildman–Crippen MR) is 47.3 cm³/mol. The molecule has 1 aromatic heterocycles. The second kappa shape index (κ2) is 4.07. The summed E-state index contributed by atoms with van der Waals surface area (Å²) in [7, 11) is 0. The highest BCUT2D eigenvalue weighted by Crippen LogP contribution is 1.98. The summed E-state index contributed by atoms with van der Waals surface area (Å²) < 4.78 is 6.70. The summed E-state index contributed by atoms with van der Waals surface area (Å²) in [4.78, 5) is 11.2. The summed E-state index contributed by atoms with van der Waals surface area (Å²) in [5.41, 5.74) is 0.565. The average Bonchev–Trinajstić information content (AvgIpc) is 2.52. The van der Waals surface area contributed by atoms with Gasteiger partial charge in [0.25, 0.3) is 0 Å². The van der Waals surface area contributed by atoms with Crippen LogP contribution >= 0.6 is 0 Å². The number of hydrogen-bond acceptors (Lipinski definition) is 2. The summed E-state index contributed by atoms with van der Waals surface area (Å²) >= 11 is 0. The third-order valence-corrected chi connectivity index (χ3v) is 1.71. The Labute approximate surface area is 77.5 Å². The minimum absolute atomic E-state index is 0.279. The second-order valence-electron chi connectivity index (χ2n) is 3.08. The first-order chi connectivity index (χ1) is 6.15. The van der Waals surface area contributed by atoms with Gasteiger partial charge in [0.05, 0.1) is 12.8 Å². The number of H-pyrrole nitrogens is 1. The second-order valence-corrected chi connectivity index (χ2v) is 3.08. The molecule has 4 heteroatoms. The molecule has 0 aliphatic carbocycles. The predicted octanol–water partition coefficient (Wildman–Crippen LogP) is 1.06. The van der Waals surface area contributed by atoms with Gasteiger partial charge in [0.15, 0.2) is 6.04 Å². The van der Waals surface area contributed by atoms with Crippen molar-refractivity contribution in [3.05, 3.63) is 18.0 Å². The van der Waals surface area contributed by atoms with Gasteiger partial charge in [-0.3, -0.25) is 0 Å². The maximum Gasteiger partial charge on any atom is 0.346 e. The van der Waals surface area contributed by atoms with Crippen molar-refractivity contribution in [3.8, 4) is 0 Å². The highest BCUT2D eigenvalue weighted by molar-refractivity contribution is 5.88. The van der Waals surface area contributed by atoms with Gasteiger partial charge in [-0.25, -0.2) is 4.79 Å². The molecule has 1 rings (SSSR count). The lowest BCUT2D eigenvalue weighted by Crippen LogP contribution is -2.37. The smallest absolute Gasteiger partial charge is 0.346 e. The molecular weight excluding hydrogens is 168 g/mol. The number of rotatable bonds is 3. The highest BCUT2D eigenvalue weighted by atomic mass is 16.5. The maximum absolute atomic E-state index is 11.2. The summed E-state index contributed by atoms with van der Waals surface area (Å²) in [5, 5.41) is 2.96. The third kappa shape index (κ3) is 2.31. The first-order valence-electron chi connectivity index (χ1n) is 4.41. The van der Waals surface area contributed by atoms with Crippen LogP contribution in [-0.2, 0) is 4.74 Å². The molecule has 1 heterocycles. The zero-order valence-corrected chi connectivity index (χ0v) is 8.20. The number of carbonyl (C=O) groups is 1. The van der Waals surface area contributed by atoms with Gasteiger partial charge in [-0.05, 0) is 20.8 Å². The lowest BCUT2D eigenvalue weighted by Gasteiger charge is -1.95. The molecule has 4 nitrogen and oxygen atoms in total. The van der Waals surface area contributed by atoms with Crippen LogP contribution in [0.1, 0.15) is 37.2 Å². The first kappa shape index (κ1) is 9.77. The van der Waals surface area contributed by atoms with Crippen molar-refractivity contribution in [1.82, 2.24) is 5.10 Å². The molecule has 0 saturated carbocycles. The Morgan fingerprint density at radius 3 is 2.85 bits per heavy atom. The van der Waals surface area contributed by atoms with E-state index < -0.39 is 0 Å². The van der Waals surface area contributed by atoms with E-state index in [2.05, 4.69) is 5.10 Å². The molecule has 0 radical (unpaired) electrons. The molecule has 0 saturated heterocycles. The van der Waals surface area contributed by atoms with E-state index in [1.165, 1.54) is 0 Å². The largest absolute Gasteiger partial charge is 0.462 e. The molecule has 1 aromatic rings. The molecule has 0 aromatic carbocycles. The fourth-order valence-corrected chi connectivity index (χ4v) is 0.993. The number of hydrogen-bond donors (Lipinski definition) is 1. The van der Waals surface area contributed by atoms with E-state index in [1.807, 2.05) is 18.5 Å². The Morgan fingerprint density at radius 1 is 1.69 bits per heavy atom. The standard InChI is InChI=1S/C9H14N2O2/c1-4-13-9(12)8-5-10-11(6-8)7(2)3/h5-7H,4H2,1-3H3/p+1. The average molecular weight is 183 g/mol. The van der Waals surface area contributed by atoms with Crippen molar-refractivity contribution in [1.29, 1.82) is 0 Å². The van der Waals surface area contributed by atoms with E-state index in [1.54, 1.807) is 19.3 Å². The van der Waals surface area contributed by atoms with Gasteiger partial charge in [0.1, 0.15) is 5.56 Å². The van der Waals surface area contributed by atoms with Crippen LogP contribution in [0, 0.1) is 0 Å². The van der Waals surface area contributed by atoms with Gasteiger partial charge in [0, 0.05) is 0 Å². The molecule has 0 atom stereocenters. The molecule has 72 valence electrons. The molecule has 0 aliphatic rings. The fourth-order valence-electron chi connectivity index (χ4n) is 0.993. The molecule has 0 spiro atoms. The SMILES string of the molecule is CCOC(=O)c1c[nH][n+](C(C)C)c1. The molecule has 0 unspecified atom stereocenters. The van der Waals surface area contributed by atoms with Crippen molar-refractivity contribution in [3.63, 3.8) is 0 Å². The minimum Gasteiger partial charge on any atom is -0.462 e. The van der Waals surface area contributed by atoms with E-state index in [4.69, 9.17) is 4.74 Å². The summed E-state index contributed by atoms with van der Waals surface area (Å²) in [6.45, 7) is 6.27. The normalized spacial score (nSPS) is 10.5. The van der Waals surface area contributed by atoms with Crippen LogP contribution in [-0.4, -0.2) is 17.7 Å². The van der Waals surface area contributed by atoms with Crippen molar-refractivity contribution in [2.24, 2.45) is 0 Å². The van der Waals surface area contributed by atoms with Crippen LogP contribution in [0.15, 0.2) is 12.4 Å². The molecule has 0 amide bonds. The number of carbonyl (C=O) groups excluding carboxylic acids is 1. The maximum atomic E-state index is 11.2. The van der Waals surface area contributed by atoms with Crippen molar-refractivity contribution < 1.29 is 14.2 Å². The van der Waals surface area contributed by atoms with E-state index in [-0.39, 0.29) is 5.97 Å². The van der Waals surface area contributed by atoms with Gasteiger partial charge >= 0.3 is 5.97 Å². The zero-order valence-electron chi connectivity index (χ0n) is 8.20. The van der Waals surface area contributed by atoms with Crippen molar-refractivity contribution >= 4 is 5.97 Å². The third-order valence-electron chi connectivity index (χ3n) is 1.71. The molecule has 13 heavy (non-hydrogen) atoms. The van der Waals surface area contributed by atoms with Crippen molar-refractivity contribution in [2.75, 3.05) is 6.61 Å². The molecule has 0 aliphatic heterocycles. The number of nitrogens with zero attached hydrogens (tertiary/aromatic N) is 1. The van der Waals surface area contributed by atoms with Crippen LogP contribution in [0.5, 0.6) is 0 Å². The Morgan fingerprint density at radius 2 is 2.38 bits per heavy atom. The van der Waals surface area contributed by atoms with Gasteiger partial charge in [-0.15, -0.1) is 4.68 Å². The lowest BCUT2D eigenvalue weighted by molar-refractivity contribution is -0.767. The topological polar surface area (TPSA) is 46.0 Å². The Kier molecular flexibility index (Phi) is 3.06. The quantitative estimate of drug-likeness (QED) is 0.562. The van der Waals surface area contributed by atoms with Gasteiger partial charge in [0.2, 0.25) is 6.20 Å². The van der Waals surface area contributed by atoms with Crippen LogP contribution in [0.2, 0.25) is 0 Å². The van der Waals surface area contributed by atoms with Gasteiger partial charge in [-0.1, -0.05) is 0 Å². The van der Waals surface area contributed by atoms with Gasteiger partial charge < -0.3 is 4.74 Å². The molecule has 0 fully saturated rings. The lowest BCUT2D eigenvalue weighted by atomic mass is 10.3. The van der Waals surface area contributed by atoms with Crippen molar-refractivity contribution in [2.45, 2.75) is 26.8 Å². The van der Waals surface area contributed by atoms with Gasteiger partial charge in [-0.2, -0.15) is 5.10 Å². The Balaban J connectivity index is 2.73. The van der Waals surface area contributed by atoms with Crippen LogP contribution in [0.25, 0.3) is 0 Å². The van der Waals surface area contributed by atoms with E-state index in [9.17, 15) is 4.79 Å². The Bertz CT molecular complexity index is 292. The summed E-state index contributed by atoms with van der Waals surface area (Å²) in [6.07, 6.45) is 3.40. The Hall–Kier alpha value is -1.32. The van der Waals surface area contributed by atoms with E-state index in [0.717, 1.165) is 0 Å². The van der Waals surface area contributed by atoms with Crippen LogP contribution in [0.4, 0.5) is 0 Å². The number of nitrogens with one attached hydrogen (secondary N) is 1.